The number of nitrogens with one attached hydrogen (secondary N) is 1. The van der Waals surface area contributed by atoms with Crippen molar-refractivity contribution in [3.8, 4) is 5.75 Å². The van der Waals surface area contributed by atoms with E-state index in [-0.39, 0.29) is 24.2 Å². The Balaban J connectivity index is 1.55. The molecule has 0 radical (unpaired) electrons. The molecule has 1 heterocycles. The summed E-state index contributed by atoms with van der Waals surface area (Å²) in [5.41, 5.74) is 1.87. The molecule has 0 spiro atoms. The Hall–Kier alpha value is -2.86. The monoisotopic (exact) mass is 368 g/mol. The molecule has 2 aromatic rings. The number of amides is 2. The fourth-order valence-electron chi connectivity index (χ4n) is 3.02. The van der Waals surface area contributed by atoms with Gasteiger partial charge in [0.1, 0.15) is 12.4 Å². The molecular formula is C21H24N2O4. The summed E-state index contributed by atoms with van der Waals surface area (Å²) in [5, 5.41) is 2.80. The molecule has 27 heavy (non-hydrogen) atoms. The Morgan fingerprint density at radius 2 is 1.89 bits per heavy atom. The molecule has 0 aliphatic carbocycles. The second kappa shape index (κ2) is 9.19. The zero-order valence-corrected chi connectivity index (χ0v) is 15.4. The number of benzene rings is 2. The minimum atomic E-state index is -0.330. The first-order valence-electron chi connectivity index (χ1n) is 9.01. The van der Waals surface area contributed by atoms with Gasteiger partial charge >= 0.3 is 0 Å². The van der Waals surface area contributed by atoms with E-state index in [1.807, 2.05) is 54.6 Å². The molecule has 1 aliphatic heterocycles. The number of hydrogen-bond donors (Lipinski definition) is 1. The van der Waals surface area contributed by atoms with Gasteiger partial charge in [0.05, 0.1) is 12.5 Å². The van der Waals surface area contributed by atoms with Gasteiger partial charge < -0.3 is 19.7 Å². The van der Waals surface area contributed by atoms with Gasteiger partial charge in [0, 0.05) is 32.3 Å². The molecule has 6 heteroatoms. The van der Waals surface area contributed by atoms with Crippen molar-refractivity contribution in [2.24, 2.45) is 5.92 Å². The first-order valence-corrected chi connectivity index (χ1v) is 9.01. The summed E-state index contributed by atoms with van der Waals surface area (Å²) in [6.07, 6.45) is 0.227. The van der Waals surface area contributed by atoms with Crippen LogP contribution in [0.4, 0.5) is 5.69 Å². The highest BCUT2D eigenvalue weighted by molar-refractivity contribution is 6.00. The number of methoxy groups -OCH3 is 1. The van der Waals surface area contributed by atoms with Crippen LogP contribution in [0.25, 0.3) is 0 Å². The maximum Gasteiger partial charge on any atom is 0.227 e. The molecule has 1 atom stereocenters. The number of carbonyl (C=O) groups excluding carboxylic acids is 2. The lowest BCUT2D eigenvalue weighted by Gasteiger charge is -2.17. The quantitative estimate of drug-likeness (QED) is 0.727. The lowest BCUT2D eigenvalue weighted by atomic mass is 10.1. The first-order chi connectivity index (χ1) is 13.2. The van der Waals surface area contributed by atoms with Crippen LogP contribution < -0.4 is 15.0 Å². The van der Waals surface area contributed by atoms with E-state index in [4.69, 9.17) is 9.47 Å². The molecule has 1 fully saturated rings. The lowest BCUT2D eigenvalue weighted by Crippen LogP contribution is -2.34. The standard InChI is InChI=1S/C21H24N2O4/c1-26-12-11-22-21(25)17-13-20(24)23(14-17)18-7-9-19(10-8-18)27-15-16-5-3-2-4-6-16/h2-10,17H,11-15H2,1H3,(H,22,25). The third kappa shape index (κ3) is 5.08. The van der Waals surface area contributed by atoms with Crippen molar-refractivity contribution < 1.29 is 19.1 Å². The highest BCUT2D eigenvalue weighted by Gasteiger charge is 2.34. The smallest absolute Gasteiger partial charge is 0.227 e. The number of anilines is 1. The molecule has 1 N–H and O–H groups in total. The number of carbonyl (C=O) groups is 2. The average molecular weight is 368 g/mol. The van der Waals surface area contributed by atoms with Gasteiger partial charge in [-0.25, -0.2) is 0 Å². The van der Waals surface area contributed by atoms with Crippen LogP contribution in [0, 0.1) is 5.92 Å². The van der Waals surface area contributed by atoms with Crippen LogP contribution >= 0.6 is 0 Å². The summed E-state index contributed by atoms with van der Waals surface area (Å²) in [6, 6.07) is 17.3. The van der Waals surface area contributed by atoms with Crippen LogP contribution in [0.5, 0.6) is 5.75 Å². The van der Waals surface area contributed by atoms with Crippen molar-refractivity contribution in [1.82, 2.24) is 5.32 Å². The second-order valence-corrected chi connectivity index (χ2v) is 6.46. The number of hydrogen-bond acceptors (Lipinski definition) is 4. The van der Waals surface area contributed by atoms with Crippen LogP contribution in [-0.2, 0) is 20.9 Å². The van der Waals surface area contributed by atoms with E-state index in [0.29, 0.717) is 26.3 Å². The molecular weight excluding hydrogens is 344 g/mol. The third-order valence-corrected chi connectivity index (χ3v) is 4.50. The Morgan fingerprint density at radius 1 is 1.15 bits per heavy atom. The zero-order valence-electron chi connectivity index (χ0n) is 15.4. The topological polar surface area (TPSA) is 67.9 Å². The minimum Gasteiger partial charge on any atom is -0.489 e. The van der Waals surface area contributed by atoms with Crippen molar-refractivity contribution >= 4 is 17.5 Å². The fourth-order valence-corrected chi connectivity index (χ4v) is 3.02. The largest absolute Gasteiger partial charge is 0.489 e. The van der Waals surface area contributed by atoms with Gasteiger partial charge in [-0.1, -0.05) is 30.3 Å². The van der Waals surface area contributed by atoms with Crippen molar-refractivity contribution in [2.45, 2.75) is 13.0 Å². The molecule has 2 amide bonds. The molecule has 1 saturated heterocycles. The van der Waals surface area contributed by atoms with Gasteiger partial charge in [0.25, 0.3) is 0 Å². The predicted octanol–water partition coefficient (Wildman–Crippen LogP) is 2.38. The van der Waals surface area contributed by atoms with Crippen molar-refractivity contribution in [1.29, 1.82) is 0 Å². The van der Waals surface area contributed by atoms with Gasteiger partial charge in [-0.05, 0) is 29.8 Å². The molecule has 0 aromatic heterocycles. The maximum atomic E-state index is 12.3. The summed E-state index contributed by atoms with van der Waals surface area (Å²) < 4.78 is 10.7. The molecule has 3 rings (SSSR count). The Bertz CT molecular complexity index is 762. The molecule has 1 unspecified atom stereocenters. The van der Waals surface area contributed by atoms with E-state index >= 15 is 0 Å². The second-order valence-electron chi connectivity index (χ2n) is 6.46. The average Bonchev–Trinajstić information content (AvgIpc) is 3.09. The number of ether oxygens (including phenoxy) is 2. The third-order valence-electron chi connectivity index (χ3n) is 4.50. The van der Waals surface area contributed by atoms with Gasteiger partial charge in [0.2, 0.25) is 11.8 Å². The lowest BCUT2D eigenvalue weighted by molar-refractivity contribution is -0.126. The normalized spacial score (nSPS) is 16.4. The van der Waals surface area contributed by atoms with Crippen LogP contribution in [0.1, 0.15) is 12.0 Å². The number of rotatable bonds is 8. The summed E-state index contributed by atoms with van der Waals surface area (Å²) in [6.45, 7) is 1.79. The predicted molar refractivity (Wildman–Crippen MR) is 103 cm³/mol. The van der Waals surface area contributed by atoms with E-state index in [9.17, 15) is 9.59 Å². The van der Waals surface area contributed by atoms with E-state index in [0.717, 1.165) is 17.0 Å². The summed E-state index contributed by atoms with van der Waals surface area (Å²) in [5.74, 6) is 0.261. The highest BCUT2D eigenvalue weighted by Crippen LogP contribution is 2.27. The molecule has 0 bridgehead atoms. The summed E-state index contributed by atoms with van der Waals surface area (Å²) in [4.78, 5) is 26.1. The fraction of sp³-hybridized carbons (Fsp3) is 0.333. The van der Waals surface area contributed by atoms with Crippen LogP contribution in [0.3, 0.4) is 0 Å². The molecule has 0 saturated carbocycles. The van der Waals surface area contributed by atoms with Crippen LogP contribution in [-0.4, -0.2) is 38.6 Å². The van der Waals surface area contributed by atoms with Gasteiger partial charge in [-0.15, -0.1) is 0 Å². The first kappa shape index (κ1) is 18.9. The zero-order chi connectivity index (χ0) is 19.1. The van der Waals surface area contributed by atoms with Crippen molar-refractivity contribution in [2.75, 3.05) is 31.7 Å². The van der Waals surface area contributed by atoms with Gasteiger partial charge in [0.15, 0.2) is 0 Å². The minimum absolute atomic E-state index is 0.0418. The van der Waals surface area contributed by atoms with E-state index in [1.54, 1.807) is 12.0 Å². The number of nitrogens with zero attached hydrogens (tertiary/aromatic N) is 1. The Labute approximate surface area is 159 Å². The Morgan fingerprint density at radius 3 is 2.59 bits per heavy atom. The van der Waals surface area contributed by atoms with Crippen LogP contribution in [0.15, 0.2) is 54.6 Å². The SMILES string of the molecule is COCCNC(=O)C1CC(=O)N(c2ccc(OCc3ccccc3)cc2)C1. The molecule has 2 aromatic carbocycles. The van der Waals surface area contributed by atoms with E-state index in [1.165, 1.54) is 0 Å². The van der Waals surface area contributed by atoms with E-state index < -0.39 is 0 Å². The summed E-state index contributed by atoms with van der Waals surface area (Å²) in [7, 11) is 1.58. The van der Waals surface area contributed by atoms with Gasteiger partial charge in [-0.2, -0.15) is 0 Å². The van der Waals surface area contributed by atoms with E-state index in [2.05, 4.69) is 5.32 Å². The molecule has 1 aliphatic rings. The van der Waals surface area contributed by atoms with Crippen molar-refractivity contribution in [3.05, 3.63) is 60.2 Å². The van der Waals surface area contributed by atoms with Crippen molar-refractivity contribution in [3.63, 3.8) is 0 Å². The molecule has 142 valence electrons. The van der Waals surface area contributed by atoms with Crippen LogP contribution in [0.2, 0.25) is 0 Å². The Kier molecular flexibility index (Phi) is 6.44. The highest BCUT2D eigenvalue weighted by atomic mass is 16.5. The summed E-state index contributed by atoms with van der Waals surface area (Å²) >= 11 is 0. The maximum absolute atomic E-state index is 12.3. The molecule has 6 nitrogen and oxygen atoms in total. The van der Waals surface area contributed by atoms with Gasteiger partial charge in [-0.3, -0.25) is 9.59 Å².